The van der Waals surface area contributed by atoms with Gasteiger partial charge in [-0.1, -0.05) is 43.3 Å². The summed E-state index contributed by atoms with van der Waals surface area (Å²) in [6, 6.07) is 13.3. The third-order valence-electron chi connectivity index (χ3n) is 3.82. The van der Waals surface area contributed by atoms with Crippen molar-refractivity contribution in [3.05, 3.63) is 71.8 Å². The number of phenols is 2. The normalized spacial score (nSPS) is 11.4. The number of para-hydroxylation sites is 2. The van der Waals surface area contributed by atoms with Crippen molar-refractivity contribution < 1.29 is 19.8 Å². The predicted molar refractivity (Wildman–Crippen MR) is 98.1 cm³/mol. The van der Waals surface area contributed by atoms with Crippen molar-refractivity contribution in [3.63, 3.8) is 0 Å². The van der Waals surface area contributed by atoms with Gasteiger partial charge < -0.3 is 10.2 Å². The highest BCUT2D eigenvalue weighted by atomic mass is 16.3. The Bertz CT molecular complexity index is 751. The highest BCUT2D eigenvalue weighted by Crippen LogP contribution is 2.19. The zero-order valence-corrected chi connectivity index (χ0v) is 13.9. The van der Waals surface area contributed by atoms with Crippen LogP contribution in [0, 0.1) is 5.92 Å². The number of ketones is 2. The summed E-state index contributed by atoms with van der Waals surface area (Å²) in [6.45, 7) is 1.77. The van der Waals surface area contributed by atoms with Crippen LogP contribution in [-0.4, -0.2) is 21.8 Å². The lowest BCUT2D eigenvalue weighted by molar-refractivity contribution is -0.127. The maximum atomic E-state index is 12.3. The Kier molecular flexibility index (Phi) is 6.29. The summed E-state index contributed by atoms with van der Waals surface area (Å²) in [5.41, 5.74) is 1.03. The molecule has 0 bridgehead atoms. The van der Waals surface area contributed by atoms with E-state index in [1.165, 1.54) is 36.4 Å². The van der Waals surface area contributed by atoms with E-state index in [0.29, 0.717) is 17.5 Å². The van der Waals surface area contributed by atoms with Gasteiger partial charge in [-0.25, -0.2) is 0 Å². The summed E-state index contributed by atoms with van der Waals surface area (Å²) >= 11 is 0. The van der Waals surface area contributed by atoms with Crippen LogP contribution in [0.4, 0.5) is 0 Å². The van der Waals surface area contributed by atoms with E-state index in [2.05, 4.69) is 0 Å². The van der Waals surface area contributed by atoms with Crippen molar-refractivity contribution in [2.45, 2.75) is 13.3 Å². The number of carbonyl (C=O) groups excluding carboxylic acids is 2. The first-order valence-corrected chi connectivity index (χ1v) is 8.02. The molecule has 2 rings (SSSR count). The molecule has 0 saturated heterocycles. The molecule has 2 aromatic carbocycles. The van der Waals surface area contributed by atoms with Gasteiger partial charge in [-0.2, -0.15) is 0 Å². The van der Waals surface area contributed by atoms with Gasteiger partial charge in [-0.15, -0.1) is 0 Å². The van der Waals surface area contributed by atoms with Gasteiger partial charge in [0.1, 0.15) is 11.5 Å². The van der Waals surface area contributed by atoms with Gasteiger partial charge >= 0.3 is 0 Å². The summed E-state index contributed by atoms with van der Waals surface area (Å²) in [6.07, 6.45) is 6.00. The van der Waals surface area contributed by atoms with Gasteiger partial charge in [0.2, 0.25) is 0 Å². The van der Waals surface area contributed by atoms with E-state index in [0.717, 1.165) is 0 Å². The van der Waals surface area contributed by atoms with Crippen LogP contribution in [0.1, 0.15) is 24.5 Å². The molecular weight excluding hydrogens is 316 g/mol. The van der Waals surface area contributed by atoms with E-state index in [-0.39, 0.29) is 23.1 Å². The fraction of sp³-hybridized carbons (Fsp3) is 0.143. The molecule has 0 aromatic heterocycles. The number of hydrogen-bond donors (Lipinski definition) is 2. The molecule has 0 unspecified atom stereocenters. The fourth-order valence-electron chi connectivity index (χ4n) is 2.38. The first-order valence-electron chi connectivity index (χ1n) is 8.02. The average molecular weight is 336 g/mol. The van der Waals surface area contributed by atoms with Gasteiger partial charge in [-0.3, -0.25) is 9.59 Å². The predicted octanol–water partition coefficient (Wildman–Crippen LogP) is 3.99. The molecule has 0 heterocycles. The Balaban J connectivity index is 2.10. The third kappa shape index (κ3) is 4.91. The minimum Gasteiger partial charge on any atom is -0.507 e. The fourth-order valence-corrected chi connectivity index (χ4v) is 2.38. The maximum Gasteiger partial charge on any atom is 0.166 e. The molecule has 128 valence electrons. The van der Waals surface area contributed by atoms with E-state index in [1.807, 2.05) is 0 Å². The molecular formula is C21H20O4. The summed E-state index contributed by atoms with van der Waals surface area (Å²) in [7, 11) is 0. The van der Waals surface area contributed by atoms with E-state index in [9.17, 15) is 19.8 Å². The van der Waals surface area contributed by atoms with Crippen LogP contribution < -0.4 is 0 Å². The highest BCUT2D eigenvalue weighted by Gasteiger charge is 2.20. The number of allylic oxidation sites excluding steroid dienone is 2. The molecule has 0 saturated carbocycles. The molecule has 25 heavy (non-hydrogen) atoms. The molecule has 4 heteroatoms. The molecule has 0 aliphatic carbocycles. The second-order valence-electron chi connectivity index (χ2n) is 5.55. The molecule has 2 N–H and O–H groups in total. The Hall–Kier alpha value is -3.14. The van der Waals surface area contributed by atoms with Crippen LogP contribution in [0.2, 0.25) is 0 Å². The van der Waals surface area contributed by atoms with Crippen molar-refractivity contribution in [2.24, 2.45) is 5.92 Å². The second kappa shape index (κ2) is 8.64. The van der Waals surface area contributed by atoms with Gasteiger partial charge in [0.05, 0.1) is 5.92 Å². The van der Waals surface area contributed by atoms with Crippen molar-refractivity contribution >= 4 is 23.7 Å². The standard InChI is InChI=1S/C21H20O4/c1-2-17(20(24)13-11-15-7-3-5-9-18(15)22)21(25)14-12-16-8-4-6-10-19(16)23/h3-14,17,22-23H,2H2,1H3/b13-11+,14-12+. The SMILES string of the molecule is CCC(C(=O)/C=C/c1ccccc1O)C(=O)/C=C/c1ccccc1O. The number of aromatic hydroxyl groups is 2. The lowest BCUT2D eigenvalue weighted by Gasteiger charge is -2.07. The lowest BCUT2D eigenvalue weighted by atomic mass is 9.94. The van der Waals surface area contributed by atoms with E-state index in [4.69, 9.17) is 0 Å². The Labute approximate surface area is 146 Å². The summed E-state index contributed by atoms with van der Waals surface area (Å²) in [4.78, 5) is 24.6. The average Bonchev–Trinajstić information content (AvgIpc) is 2.61. The van der Waals surface area contributed by atoms with E-state index in [1.54, 1.807) is 43.3 Å². The molecule has 0 spiro atoms. The van der Waals surface area contributed by atoms with Crippen LogP contribution in [0.15, 0.2) is 60.7 Å². The number of carbonyl (C=O) groups is 2. The van der Waals surface area contributed by atoms with Crippen LogP contribution in [0.3, 0.4) is 0 Å². The molecule has 4 nitrogen and oxygen atoms in total. The van der Waals surface area contributed by atoms with Gasteiger partial charge in [0, 0.05) is 11.1 Å². The van der Waals surface area contributed by atoms with Gasteiger partial charge in [-0.05, 0) is 42.9 Å². The van der Waals surface area contributed by atoms with Crippen molar-refractivity contribution in [1.82, 2.24) is 0 Å². The minimum absolute atomic E-state index is 0.0744. The monoisotopic (exact) mass is 336 g/mol. The van der Waals surface area contributed by atoms with Gasteiger partial charge in [0.25, 0.3) is 0 Å². The first kappa shape index (κ1) is 18.2. The van der Waals surface area contributed by atoms with Crippen LogP contribution in [-0.2, 0) is 9.59 Å². The zero-order valence-electron chi connectivity index (χ0n) is 13.9. The Morgan fingerprint density at radius 1 is 0.840 bits per heavy atom. The van der Waals surface area contributed by atoms with Crippen molar-refractivity contribution in [1.29, 1.82) is 0 Å². The molecule has 0 aliphatic heterocycles. The topological polar surface area (TPSA) is 74.6 Å². The molecule has 0 amide bonds. The van der Waals surface area contributed by atoms with E-state index < -0.39 is 5.92 Å². The lowest BCUT2D eigenvalue weighted by Crippen LogP contribution is -2.20. The van der Waals surface area contributed by atoms with Crippen LogP contribution in [0.25, 0.3) is 12.2 Å². The smallest absolute Gasteiger partial charge is 0.166 e. The summed E-state index contributed by atoms with van der Waals surface area (Å²) in [5.74, 6) is -1.28. The molecule has 0 radical (unpaired) electrons. The van der Waals surface area contributed by atoms with Crippen LogP contribution >= 0.6 is 0 Å². The number of phenolic OH excluding ortho intramolecular Hbond substituents is 2. The Morgan fingerprint density at radius 2 is 1.24 bits per heavy atom. The molecule has 2 aromatic rings. The molecule has 0 atom stereocenters. The molecule has 0 fully saturated rings. The number of hydrogen-bond acceptors (Lipinski definition) is 4. The first-order chi connectivity index (χ1) is 12.0. The number of benzene rings is 2. The van der Waals surface area contributed by atoms with Gasteiger partial charge in [0.15, 0.2) is 11.6 Å². The molecule has 0 aliphatic rings. The Morgan fingerprint density at radius 3 is 1.60 bits per heavy atom. The van der Waals surface area contributed by atoms with Crippen LogP contribution in [0.5, 0.6) is 11.5 Å². The minimum atomic E-state index is -0.788. The zero-order chi connectivity index (χ0) is 18.2. The second-order valence-corrected chi connectivity index (χ2v) is 5.55. The highest BCUT2D eigenvalue weighted by molar-refractivity contribution is 6.13. The third-order valence-corrected chi connectivity index (χ3v) is 3.82. The summed E-state index contributed by atoms with van der Waals surface area (Å²) < 4.78 is 0. The quantitative estimate of drug-likeness (QED) is 0.592. The van der Waals surface area contributed by atoms with Crippen molar-refractivity contribution in [2.75, 3.05) is 0 Å². The largest absolute Gasteiger partial charge is 0.507 e. The van der Waals surface area contributed by atoms with E-state index >= 15 is 0 Å². The maximum absolute atomic E-state index is 12.3. The van der Waals surface area contributed by atoms with Crippen molar-refractivity contribution in [3.8, 4) is 11.5 Å². The summed E-state index contributed by atoms with van der Waals surface area (Å²) in [5, 5.41) is 19.4. The number of rotatable bonds is 7.